The molecule has 1 rings (SSSR count). The molecule has 0 bridgehead atoms. The fourth-order valence-corrected chi connectivity index (χ4v) is 1.43. The molecule has 0 heterocycles. The zero-order chi connectivity index (χ0) is 9.84. The Bertz CT molecular complexity index is 302. The van der Waals surface area contributed by atoms with Crippen LogP contribution in [-0.2, 0) is 6.54 Å². The van der Waals surface area contributed by atoms with E-state index in [0.717, 1.165) is 5.56 Å². The average Bonchev–Trinajstić information content (AvgIpc) is 2.16. The van der Waals surface area contributed by atoms with Crippen LogP contribution in [0.15, 0.2) is 12.1 Å². The zero-order valence-corrected chi connectivity index (χ0v) is 8.39. The Balaban J connectivity index is 3.20. The predicted molar refractivity (Wildman–Crippen MR) is 52.4 cm³/mol. The summed E-state index contributed by atoms with van der Waals surface area (Å²) in [4.78, 5) is 0. The van der Waals surface area contributed by atoms with Crippen molar-refractivity contribution in [3.63, 3.8) is 0 Å². The molecule has 1 aromatic rings. The number of hydrogen-bond donors (Lipinski definition) is 1. The molecule has 4 heteroatoms. The standard InChI is InChI=1S/C9H12ClNO2/c1-12-7-3-6(5-11)9(13-2)8(10)4-7/h3-4H,5,11H2,1-2H3. The molecule has 0 aliphatic rings. The second kappa shape index (κ2) is 4.35. The van der Waals surface area contributed by atoms with Gasteiger partial charge in [-0.1, -0.05) is 11.6 Å². The van der Waals surface area contributed by atoms with Gasteiger partial charge in [0.2, 0.25) is 0 Å². The van der Waals surface area contributed by atoms with Crippen molar-refractivity contribution in [2.75, 3.05) is 14.2 Å². The van der Waals surface area contributed by atoms with Crippen molar-refractivity contribution in [1.29, 1.82) is 0 Å². The van der Waals surface area contributed by atoms with Crippen LogP contribution in [0.4, 0.5) is 0 Å². The molecule has 0 atom stereocenters. The second-order valence-electron chi connectivity index (χ2n) is 2.51. The summed E-state index contributed by atoms with van der Waals surface area (Å²) < 4.78 is 10.1. The van der Waals surface area contributed by atoms with Gasteiger partial charge in [0.15, 0.2) is 0 Å². The highest BCUT2D eigenvalue weighted by Gasteiger charge is 2.08. The first-order valence-electron chi connectivity index (χ1n) is 3.83. The highest BCUT2D eigenvalue weighted by Crippen LogP contribution is 2.32. The molecule has 0 radical (unpaired) electrons. The average molecular weight is 202 g/mol. The smallest absolute Gasteiger partial charge is 0.142 e. The lowest BCUT2D eigenvalue weighted by molar-refractivity contribution is 0.399. The van der Waals surface area contributed by atoms with E-state index in [1.54, 1.807) is 20.3 Å². The summed E-state index contributed by atoms with van der Waals surface area (Å²) in [5.74, 6) is 1.30. The lowest BCUT2D eigenvalue weighted by Crippen LogP contribution is -2.01. The van der Waals surface area contributed by atoms with E-state index < -0.39 is 0 Å². The van der Waals surface area contributed by atoms with Crippen molar-refractivity contribution in [3.8, 4) is 11.5 Å². The molecule has 0 aliphatic heterocycles. The molecule has 72 valence electrons. The highest BCUT2D eigenvalue weighted by molar-refractivity contribution is 6.32. The topological polar surface area (TPSA) is 44.5 Å². The molecule has 13 heavy (non-hydrogen) atoms. The Morgan fingerprint density at radius 3 is 2.46 bits per heavy atom. The van der Waals surface area contributed by atoms with E-state index in [1.165, 1.54) is 0 Å². The number of benzene rings is 1. The van der Waals surface area contributed by atoms with Crippen LogP contribution >= 0.6 is 11.6 Å². The van der Waals surface area contributed by atoms with Gasteiger partial charge in [0.1, 0.15) is 11.5 Å². The van der Waals surface area contributed by atoms with Crippen LogP contribution in [-0.4, -0.2) is 14.2 Å². The zero-order valence-electron chi connectivity index (χ0n) is 7.63. The fourth-order valence-electron chi connectivity index (χ4n) is 1.12. The summed E-state index contributed by atoms with van der Waals surface area (Å²) in [6.45, 7) is 0.375. The van der Waals surface area contributed by atoms with E-state index in [-0.39, 0.29) is 0 Å². The monoisotopic (exact) mass is 201 g/mol. The maximum Gasteiger partial charge on any atom is 0.142 e. The summed E-state index contributed by atoms with van der Waals surface area (Å²) >= 11 is 5.93. The van der Waals surface area contributed by atoms with Crippen molar-refractivity contribution in [2.24, 2.45) is 5.73 Å². The molecular weight excluding hydrogens is 190 g/mol. The molecule has 0 spiro atoms. The first-order chi connectivity index (χ1) is 6.22. The fraction of sp³-hybridized carbons (Fsp3) is 0.333. The summed E-state index contributed by atoms with van der Waals surface area (Å²) in [7, 11) is 3.14. The molecule has 0 unspecified atom stereocenters. The van der Waals surface area contributed by atoms with Gasteiger partial charge in [-0.2, -0.15) is 0 Å². The van der Waals surface area contributed by atoms with Crippen molar-refractivity contribution < 1.29 is 9.47 Å². The molecule has 2 N–H and O–H groups in total. The summed E-state index contributed by atoms with van der Waals surface area (Å²) in [5.41, 5.74) is 6.36. The third-order valence-corrected chi connectivity index (χ3v) is 2.03. The van der Waals surface area contributed by atoms with Gasteiger partial charge in [-0.05, 0) is 6.07 Å². The van der Waals surface area contributed by atoms with E-state index in [2.05, 4.69) is 0 Å². The molecule has 0 aromatic heterocycles. The van der Waals surface area contributed by atoms with Gasteiger partial charge in [0.25, 0.3) is 0 Å². The minimum absolute atomic E-state index is 0.375. The Kier molecular flexibility index (Phi) is 3.39. The van der Waals surface area contributed by atoms with E-state index in [1.807, 2.05) is 6.07 Å². The summed E-state index contributed by atoms with van der Waals surface area (Å²) in [5, 5.41) is 0.516. The van der Waals surface area contributed by atoms with Crippen LogP contribution in [0.25, 0.3) is 0 Å². The SMILES string of the molecule is COc1cc(Cl)c(OC)c(CN)c1. The van der Waals surface area contributed by atoms with Crippen LogP contribution in [0.1, 0.15) is 5.56 Å². The number of methoxy groups -OCH3 is 2. The van der Waals surface area contributed by atoms with Crippen LogP contribution in [0.2, 0.25) is 5.02 Å². The largest absolute Gasteiger partial charge is 0.497 e. The minimum Gasteiger partial charge on any atom is -0.497 e. The molecule has 0 fully saturated rings. The van der Waals surface area contributed by atoms with Crippen molar-refractivity contribution in [3.05, 3.63) is 22.7 Å². The number of ether oxygens (including phenoxy) is 2. The maximum absolute atomic E-state index is 5.93. The van der Waals surface area contributed by atoms with Crippen LogP contribution in [0.5, 0.6) is 11.5 Å². The Morgan fingerprint density at radius 1 is 1.31 bits per heavy atom. The molecule has 1 aromatic carbocycles. The maximum atomic E-state index is 5.93. The molecular formula is C9H12ClNO2. The summed E-state index contributed by atoms with van der Waals surface area (Å²) in [6.07, 6.45) is 0. The minimum atomic E-state index is 0.375. The molecule has 0 amide bonds. The summed E-state index contributed by atoms with van der Waals surface area (Å²) in [6, 6.07) is 3.50. The predicted octanol–water partition coefficient (Wildman–Crippen LogP) is 1.82. The Morgan fingerprint density at radius 2 is 2.00 bits per heavy atom. The van der Waals surface area contributed by atoms with E-state index in [9.17, 15) is 0 Å². The van der Waals surface area contributed by atoms with Gasteiger partial charge in [-0.3, -0.25) is 0 Å². The number of halogens is 1. The van der Waals surface area contributed by atoms with Gasteiger partial charge in [-0.25, -0.2) is 0 Å². The second-order valence-corrected chi connectivity index (χ2v) is 2.91. The van der Waals surface area contributed by atoms with Crippen LogP contribution in [0.3, 0.4) is 0 Å². The number of nitrogens with two attached hydrogens (primary N) is 1. The molecule has 0 aliphatic carbocycles. The highest BCUT2D eigenvalue weighted by atomic mass is 35.5. The van der Waals surface area contributed by atoms with Crippen molar-refractivity contribution in [2.45, 2.75) is 6.54 Å². The van der Waals surface area contributed by atoms with Gasteiger partial charge in [0, 0.05) is 18.2 Å². The van der Waals surface area contributed by atoms with Crippen molar-refractivity contribution >= 4 is 11.6 Å². The molecule has 0 saturated carbocycles. The lowest BCUT2D eigenvalue weighted by atomic mass is 10.2. The molecule has 3 nitrogen and oxygen atoms in total. The van der Waals surface area contributed by atoms with Crippen LogP contribution in [0, 0.1) is 0 Å². The Labute approximate surface area is 82.4 Å². The Hall–Kier alpha value is -0.930. The third-order valence-electron chi connectivity index (χ3n) is 1.75. The number of hydrogen-bond acceptors (Lipinski definition) is 3. The van der Waals surface area contributed by atoms with Gasteiger partial charge < -0.3 is 15.2 Å². The lowest BCUT2D eigenvalue weighted by Gasteiger charge is -2.10. The van der Waals surface area contributed by atoms with Gasteiger partial charge in [0.05, 0.1) is 19.2 Å². The van der Waals surface area contributed by atoms with E-state index in [4.69, 9.17) is 26.8 Å². The van der Waals surface area contributed by atoms with Crippen LogP contribution < -0.4 is 15.2 Å². The first-order valence-corrected chi connectivity index (χ1v) is 4.21. The number of rotatable bonds is 3. The van der Waals surface area contributed by atoms with Gasteiger partial charge in [-0.15, -0.1) is 0 Å². The van der Waals surface area contributed by atoms with Crippen molar-refractivity contribution in [1.82, 2.24) is 0 Å². The van der Waals surface area contributed by atoms with E-state index in [0.29, 0.717) is 23.1 Å². The molecule has 0 saturated heterocycles. The normalized spacial score (nSPS) is 9.85. The quantitative estimate of drug-likeness (QED) is 0.812. The van der Waals surface area contributed by atoms with E-state index >= 15 is 0 Å². The van der Waals surface area contributed by atoms with Gasteiger partial charge >= 0.3 is 0 Å². The first kappa shape index (κ1) is 10.2. The third kappa shape index (κ3) is 2.05.